The third-order valence-corrected chi connectivity index (χ3v) is 6.66. The van der Waals surface area contributed by atoms with Crippen LogP contribution in [-0.2, 0) is 27.7 Å². The number of H-pyrrole nitrogens is 1. The molecule has 4 rings (SSSR count). The molecule has 0 unspecified atom stereocenters. The zero-order valence-corrected chi connectivity index (χ0v) is 17.9. The quantitative estimate of drug-likeness (QED) is 0.608. The summed E-state index contributed by atoms with van der Waals surface area (Å²) in [7, 11) is -3.71. The van der Waals surface area contributed by atoms with Crippen molar-refractivity contribution in [1.29, 1.82) is 0 Å². The van der Waals surface area contributed by atoms with Crippen LogP contribution in [0.2, 0.25) is 0 Å². The van der Waals surface area contributed by atoms with E-state index in [1.54, 1.807) is 29.2 Å². The van der Waals surface area contributed by atoms with Crippen molar-refractivity contribution in [2.75, 3.05) is 11.4 Å². The molecule has 31 heavy (non-hydrogen) atoms. The second-order valence-electron chi connectivity index (χ2n) is 7.49. The van der Waals surface area contributed by atoms with E-state index < -0.39 is 10.0 Å². The topological polar surface area (TPSA) is 108 Å². The molecule has 0 aliphatic carbocycles. The summed E-state index contributed by atoms with van der Waals surface area (Å²) in [4.78, 5) is 18.0. The van der Waals surface area contributed by atoms with Crippen molar-refractivity contribution in [3.05, 3.63) is 59.7 Å². The zero-order valence-electron chi connectivity index (χ0n) is 17.1. The summed E-state index contributed by atoms with van der Waals surface area (Å²) in [5.74, 6) is 0.526. The molecule has 0 fully saturated rings. The number of rotatable bonds is 6. The molecule has 1 aliphatic heterocycles. The minimum absolute atomic E-state index is 0.000156. The highest BCUT2D eigenvalue weighted by molar-refractivity contribution is 7.89. The molecule has 10 heteroatoms. The lowest BCUT2D eigenvalue weighted by atomic mass is 10.1. The number of hydrogen-bond donors (Lipinski definition) is 2. The first-order chi connectivity index (χ1) is 14.7. The number of carbonyl (C=O) groups is 1. The average molecular weight is 444 g/mol. The average Bonchev–Trinajstić information content (AvgIpc) is 3.31. The maximum atomic E-state index is 13.0. The summed E-state index contributed by atoms with van der Waals surface area (Å²) >= 11 is 0. The molecule has 1 amide bonds. The molecule has 2 N–H and O–H groups in total. The molecular weight excluding hydrogens is 421 g/mol. The molecule has 0 spiro atoms. The van der Waals surface area contributed by atoms with Gasteiger partial charge in [0.2, 0.25) is 15.9 Å². The van der Waals surface area contributed by atoms with E-state index in [0.717, 1.165) is 11.3 Å². The van der Waals surface area contributed by atoms with E-state index in [1.807, 2.05) is 6.92 Å². The van der Waals surface area contributed by atoms with Gasteiger partial charge in [0.15, 0.2) is 5.82 Å². The largest absolute Gasteiger partial charge is 0.309 e. The van der Waals surface area contributed by atoms with Gasteiger partial charge in [-0.1, -0.05) is 0 Å². The molecule has 0 saturated heterocycles. The fourth-order valence-electron chi connectivity index (χ4n) is 3.78. The Kier molecular flexibility index (Phi) is 5.59. The summed E-state index contributed by atoms with van der Waals surface area (Å²) in [6.45, 7) is 3.57. The van der Waals surface area contributed by atoms with Crippen LogP contribution in [0.15, 0.2) is 47.4 Å². The highest BCUT2D eigenvalue weighted by atomic mass is 32.2. The first-order valence-corrected chi connectivity index (χ1v) is 11.3. The van der Waals surface area contributed by atoms with Gasteiger partial charge in [-0.3, -0.25) is 9.89 Å². The molecule has 1 aliphatic rings. The Bertz CT molecular complexity index is 1220. The van der Waals surface area contributed by atoms with E-state index in [0.29, 0.717) is 30.1 Å². The third-order valence-electron chi connectivity index (χ3n) is 5.20. The van der Waals surface area contributed by atoms with E-state index >= 15 is 0 Å². The molecule has 2 heterocycles. The van der Waals surface area contributed by atoms with Gasteiger partial charge in [-0.15, -0.1) is 0 Å². The smallest absolute Gasteiger partial charge is 0.240 e. The molecule has 0 radical (unpaired) electrons. The number of sulfonamides is 1. The first kappa shape index (κ1) is 21.1. The van der Waals surface area contributed by atoms with Crippen molar-refractivity contribution in [3.63, 3.8) is 0 Å². The van der Waals surface area contributed by atoms with Gasteiger partial charge in [-0.05, 0) is 61.4 Å². The van der Waals surface area contributed by atoms with Crippen LogP contribution in [0.4, 0.5) is 10.1 Å². The van der Waals surface area contributed by atoms with Crippen molar-refractivity contribution in [2.24, 2.45) is 0 Å². The minimum Gasteiger partial charge on any atom is -0.309 e. The molecule has 1 aromatic heterocycles. The highest BCUT2D eigenvalue weighted by Crippen LogP contribution is 2.33. The Morgan fingerprint density at radius 3 is 2.71 bits per heavy atom. The summed E-state index contributed by atoms with van der Waals surface area (Å²) in [6.07, 6.45) is 0.927. The number of hydrogen-bond acceptors (Lipinski definition) is 5. The standard InChI is InChI=1S/C21H22FN5O3S/c1-13-11-16-12-18(7-8-19(16)27(13)14(2)28)31(29,30)23-10-9-20-24-21(26-25-20)15-3-5-17(22)6-4-15/h3-8,12-13,23H,9-11H2,1-2H3,(H,24,25,26)/t13-/m1/s1. The molecular formula is C21H22FN5O3S. The van der Waals surface area contributed by atoms with Gasteiger partial charge in [0, 0.05) is 37.2 Å². The van der Waals surface area contributed by atoms with Crippen LogP contribution in [0.5, 0.6) is 0 Å². The second kappa shape index (κ2) is 8.20. The van der Waals surface area contributed by atoms with Crippen molar-refractivity contribution in [1.82, 2.24) is 19.9 Å². The van der Waals surface area contributed by atoms with Crippen LogP contribution >= 0.6 is 0 Å². The van der Waals surface area contributed by atoms with Crippen LogP contribution in [0.3, 0.4) is 0 Å². The van der Waals surface area contributed by atoms with Crippen molar-refractivity contribution in [2.45, 2.75) is 37.6 Å². The van der Waals surface area contributed by atoms with E-state index in [-0.39, 0.29) is 29.2 Å². The van der Waals surface area contributed by atoms with Gasteiger partial charge in [-0.25, -0.2) is 22.5 Å². The Labute approximate surface area is 179 Å². The lowest BCUT2D eigenvalue weighted by Crippen LogP contribution is -2.33. The molecule has 1 atom stereocenters. The molecule has 8 nitrogen and oxygen atoms in total. The van der Waals surface area contributed by atoms with E-state index in [2.05, 4.69) is 19.9 Å². The van der Waals surface area contributed by atoms with Gasteiger partial charge in [0.1, 0.15) is 11.6 Å². The maximum absolute atomic E-state index is 13.0. The van der Waals surface area contributed by atoms with Gasteiger partial charge >= 0.3 is 0 Å². The Morgan fingerprint density at radius 2 is 2.00 bits per heavy atom. The van der Waals surface area contributed by atoms with Crippen LogP contribution < -0.4 is 9.62 Å². The Balaban J connectivity index is 1.41. The molecule has 3 aromatic rings. The predicted molar refractivity (Wildman–Crippen MR) is 113 cm³/mol. The van der Waals surface area contributed by atoms with Gasteiger partial charge in [-0.2, -0.15) is 5.10 Å². The van der Waals surface area contributed by atoms with Crippen LogP contribution in [-0.4, -0.2) is 42.1 Å². The fourth-order valence-corrected chi connectivity index (χ4v) is 4.86. The first-order valence-electron chi connectivity index (χ1n) is 9.84. The molecule has 162 valence electrons. The van der Waals surface area contributed by atoms with Crippen molar-refractivity contribution >= 4 is 21.6 Å². The van der Waals surface area contributed by atoms with E-state index in [4.69, 9.17) is 0 Å². The van der Waals surface area contributed by atoms with Gasteiger partial charge in [0.25, 0.3) is 0 Å². The number of nitrogens with zero attached hydrogens (tertiary/aromatic N) is 3. The number of benzene rings is 2. The normalized spacial score (nSPS) is 15.8. The monoisotopic (exact) mass is 443 g/mol. The van der Waals surface area contributed by atoms with Crippen LogP contribution in [0, 0.1) is 5.82 Å². The summed E-state index contributed by atoms with van der Waals surface area (Å²) in [5.41, 5.74) is 2.26. The lowest BCUT2D eigenvalue weighted by molar-refractivity contribution is -0.116. The number of aromatic amines is 1. The number of nitrogens with one attached hydrogen (secondary N) is 2. The number of aromatic nitrogens is 3. The summed E-state index contributed by atoms with van der Waals surface area (Å²) in [6, 6.07) is 10.6. The maximum Gasteiger partial charge on any atom is 0.240 e. The molecule has 0 bridgehead atoms. The predicted octanol–water partition coefficient (Wildman–Crippen LogP) is 2.43. The highest BCUT2D eigenvalue weighted by Gasteiger charge is 2.30. The van der Waals surface area contributed by atoms with Crippen LogP contribution in [0.25, 0.3) is 11.4 Å². The summed E-state index contributed by atoms with van der Waals surface area (Å²) in [5, 5.41) is 6.86. The van der Waals surface area contributed by atoms with E-state index in [9.17, 15) is 17.6 Å². The molecule has 2 aromatic carbocycles. The number of fused-ring (bicyclic) bond motifs is 1. The molecule has 0 saturated carbocycles. The summed E-state index contributed by atoms with van der Waals surface area (Å²) < 4.78 is 41.0. The Morgan fingerprint density at radius 1 is 1.26 bits per heavy atom. The SMILES string of the molecule is CC(=O)N1c2ccc(S(=O)(=O)NCCc3nc(-c4ccc(F)cc4)n[nH]3)cc2C[C@H]1C. The van der Waals surface area contributed by atoms with Crippen molar-refractivity contribution in [3.8, 4) is 11.4 Å². The number of halogens is 1. The lowest BCUT2D eigenvalue weighted by Gasteiger charge is -2.20. The zero-order chi connectivity index (χ0) is 22.2. The van der Waals surface area contributed by atoms with Crippen molar-refractivity contribution < 1.29 is 17.6 Å². The van der Waals surface area contributed by atoms with Gasteiger partial charge < -0.3 is 4.90 Å². The third kappa shape index (κ3) is 4.35. The fraction of sp³-hybridized carbons (Fsp3) is 0.286. The second-order valence-corrected chi connectivity index (χ2v) is 9.26. The van der Waals surface area contributed by atoms with Crippen LogP contribution in [0.1, 0.15) is 25.2 Å². The number of carbonyl (C=O) groups excluding carboxylic acids is 1. The Hall–Kier alpha value is -3.11. The number of anilines is 1. The van der Waals surface area contributed by atoms with E-state index in [1.165, 1.54) is 25.1 Å². The van der Waals surface area contributed by atoms with Gasteiger partial charge in [0.05, 0.1) is 4.90 Å². The minimum atomic E-state index is -3.71. The number of amides is 1.